The van der Waals surface area contributed by atoms with E-state index in [1.807, 2.05) is 6.92 Å². The molecular weight excluding hydrogens is 158 g/mol. The zero-order chi connectivity index (χ0) is 8.60. The number of aromatic amines is 1. The number of H-pyrrole nitrogens is 1. The summed E-state index contributed by atoms with van der Waals surface area (Å²) in [5.41, 5.74) is -0.524. The second kappa shape index (κ2) is 2.49. The van der Waals surface area contributed by atoms with E-state index < -0.39 is 5.60 Å². The average Bonchev–Trinajstić information content (AvgIpc) is 2.35. The fraction of sp³-hybridized carbons (Fsp3) is 0.833. The number of nitrogens with one attached hydrogen (secondary N) is 1. The van der Waals surface area contributed by atoms with Gasteiger partial charge in [0.15, 0.2) is 5.82 Å². The summed E-state index contributed by atoms with van der Waals surface area (Å²) in [6.45, 7) is 3.84. The van der Waals surface area contributed by atoms with E-state index in [1.54, 1.807) is 0 Å². The third-order valence-electron chi connectivity index (χ3n) is 1.88. The molecule has 1 fully saturated rings. The minimum Gasteiger partial charge on any atom is -0.388 e. The number of tetrazole rings is 1. The zero-order valence-electron chi connectivity index (χ0n) is 6.86. The second-order valence-electron chi connectivity index (χ2n) is 3.47. The summed E-state index contributed by atoms with van der Waals surface area (Å²) in [6, 6.07) is 0. The Morgan fingerprint density at radius 2 is 2.42 bits per heavy atom. The van der Waals surface area contributed by atoms with E-state index >= 15 is 0 Å². The molecule has 2 N–H and O–H groups in total. The normalized spacial score (nSPS) is 22.2. The molecule has 0 amide bonds. The first kappa shape index (κ1) is 7.63. The maximum Gasteiger partial charge on any atom is 0.188 e. The standard InChI is InChI=1S/C6H11N5O/c1-6(12)3-11(4-6)2-5-7-9-10-8-5/h12H,2-4H2,1H3,(H,7,8,9,10). The van der Waals surface area contributed by atoms with E-state index in [4.69, 9.17) is 0 Å². The van der Waals surface area contributed by atoms with Crippen LogP contribution in [0.1, 0.15) is 12.7 Å². The summed E-state index contributed by atoms with van der Waals surface area (Å²) < 4.78 is 0. The molecule has 0 aliphatic carbocycles. The Kier molecular flexibility index (Phi) is 1.59. The van der Waals surface area contributed by atoms with Gasteiger partial charge in [0.1, 0.15) is 0 Å². The van der Waals surface area contributed by atoms with Gasteiger partial charge in [-0.1, -0.05) is 5.21 Å². The first-order valence-corrected chi connectivity index (χ1v) is 3.83. The van der Waals surface area contributed by atoms with Crippen LogP contribution in [0.25, 0.3) is 0 Å². The van der Waals surface area contributed by atoms with Crippen LogP contribution in [0, 0.1) is 0 Å². The SMILES string of the molecule is CC1(O)CN(Cc2nn[nH]n2)C1. The molecule has 1 aliphatic rings. The summed E-state index contributed by atoms with van der Waals surface area (Å²) in [5, 5.41) is 22.9. The largest absolute Gasteiger partial charge is 0.388 e. The minimum absolute atomic E-state index is 0.524. The lowest BCUT2D eigenvalue weighted by molar-refractivity contribution is -0.0880. The maximum atomic E-state index is 9.41. The third-order valence-corrected chi connectivity index (χ3v) is 1.88. The van der Waals surface area contributed by atoms with Crippen LogP contribution in [0.3, 0.4) is 0 Å². The van der Waals surface area contributed by atoms with Gasteiger partial charge in [0, 0.05) is 13.1 Å². The van der Waals surface area contributed by atoms with Crippen molar-refractivity contribution in [2.75, 3.05) is 13.1 Å². The van der Waals surface area contributed by atoms with Crippen molar-refractivity contribution in [3.05, 3.63) is 5.82 Å². The van der Waals surface area contributed by atoms with Gasteiger partial charge in [-0.25, -0.2) is 0 Å². The number of β-amino-alcohol motifs (C(OH)–C–C–N with tert-alkyl or cyclic N) is 1. The van der Waals surface area contributed by atoms with Crippen molar-refractivity contribution >= 4 is 0 Å². The first-order chi connectivity index (χ1) is 5.66. The lowest BCUT2D eigenvalue weighted by Gasteiger charge is -2.43. The molecular formula is C6H11N5O. The summed E-state index contributed by atoms with van der Waals surface area (Å²) in [6.07, 6.45) is 0. The van der Waals surface area contributed by atoms with Crippen LogP contribution >= 0.6 is 0 Å². The predicted molar refractivity (Wildman–Crippen MR) is 40.1 cm³/mol. The Labute approximate surface area is 69.6 Å². The van der Waals surface area contributed by atoms with Crippen LogP contribution in [0.4, 0.5) is 0 Å². The van der Waals surface area contributed by atoms with Gasteiger partial charge >= 0.3 is 0 Å². The molecule has 0 bridgehead atoms. The Hall–Kier alpha value is -1.01. The highest BCUT2D eigenvalue weighted by molar-refractivity contribution is 4.93. The molecule has 0 spiro atoms. The summed E-state index contributed by atoms with van der Waals surface area (Å²) in [4.78, 5) is 2.06. The molecule has 2 rings (SSSR count). The number of aliphatic hydroxyl groups is 1. The second-order valence-corrected chi connectivity index (χ2v) is 3.47. The lowest BCUT2D eigenvalue weighted by atomic mass is 9.97. The summed E-state index contributed by atoms with van der Waals surface area (Å²) >= 11 is 0. The molecule has 1 aromatic rings. The summed E-state index contributed by atoms with van der Waals surface area (Å²) in [5.74, 6) is 0.672. The van der Waals surface area contributed by atoms with Crippen molar-refractivity contribution in [3.63, 3.8) is 0 Å². The fourth-order valence-electron chi connectivity index (χ4n) is 1.48. The van der Waals surface area contributed by atoms with Gasteiger partial charge in [-0.05, 0) is 6.92 Å². The van der Waals surface area contributed by atoms with Crippen LogP contribution < -0.4 is 0 Å². The van der Waals surface area contributed by atoms with Crippen LogP contribution in [-0.4, -0.2) is 49.3 Å². The van der Waals surface area contributed by atoms with E-state index in [0.717, 1.165) is 0 Å². The average molecular weight is 169 g/mol. The highest BCUT2D eigenvalue weighted by Crippen LogP contribution is 2.20. The molecule has 2 heterocycles. The number of hydrogen-bond acceptors (Lipinski definition) is 5. The third kappa shape index (κ3) is 1.44. The van der Waals surface area contributed by atoms with Crippen molar-refractivity contribution in [1.82, 2.24) is 25.5 Å². The smallest absolute Gasteiger partial charge is 0.188 e. The highest BCUT2D eigenvalue weighted by Gasteiger charge is 2.36. The topological polar surface area (TPSA) is 77.9 Å². The molecule has 12 heavy (non-hydrogen) atoms. The molecule has 0 unspecified atom stereocenters. The molecule has 0 radical (unpaired) electrons. The molecule has 66 valence electrons. The van der Waals surface area contributed by atoms with E-state index in [9.17, 15) is 5.11 Å². The van der Waals surface area contributed by atoms with E-state index in [1.165, 1.54) is 0 Å². The highest BCUT2D eigenvalue weighted by atomic mass is 16.3. The molecule has 6 nitrogen and oxygen atoms in total. The van der Waals surface area contributed by atoms with Crippen LogP contribution in [0.2, 0.25) is 0 Å². The molecule has 0 aromatic carbocycles. The van der Waals surface area contributed by atoms with Crippen LogP contribution in [0.5, 0.6) is 0 Å². The molecule has 1 aliphatic heterocycles. The van der Waals surface area contributed by atoms with Gasteiger partial charge < -0.3 is 5.11 Å². The fourth-order valence-corrected chi connectivity index (χ4v) is 1.48. The Bertz CT molecular complexity index is 249. The van der Waals surface area contributed by atoms with Crippen LogP contribution in [-0.2, 0) is 6.54 Å². The maximum absolute atomic E-state index is 9.41. The van der Waals surface area contributed by atoms with Gasteiger partial charge in [0.2, 0.25) is 0 Å². The van der Waals surface area contributed by atoms with E-state index in [0.29, 0.717) is 25.5 Å². The lowest BCUT2D eigenvalue weighted by Crippen LogP contribution is -2.59. The number of hydrogen-bond donors (Lipinski definition) is 2. The molecule has 1 aromatic heterocycles. The van der Waals surface area contributed by atoms with Gasteiger partial charge in [-0.3, -0.25) is 4.90 Å². The van der Waals surface area contributed by atoms with E-state index in [-0.39, 0.29) is 0 Å². The molecule has 0 atom stereocenters. The first-order valence-electron chi connectivity index (χ1n) is 3.83. The Morgan fingerprint density at radius 1 is 1.67 bits per heavy atom. The van der Waals surface area contributed by atoms with Gasteiger partial charge in [0.25, 0.3) is 0 Å². The quantitative estimate of drug-likeness (QED) is 0.579. The number of nitrogens with zero attached hydrogens (tertiary/aromatic N) is 4. The minimum atomic E-state index is -0.524. The van der Waals surface area contributed by atoms with Crippen LogP contribution in [0.15, 0.2) is 0 Å². The molecule has 0 saturated carbocycles. The zero-order valence-corrected chi connectivity index (χ0v) is 6.86. The number of rotatable bonds is 2. The summed E-state index contributed by atoms with van der Waals surface area (Å²) in [7, 11) is 0. The van der Waals surface area contributed by atoms with Gasteiger partial charge in [-0.15, -0.1) is 10.2 Å². The Morgan fingerprint density at radius 3 is 2.92 bits per heavy atom. The van der Waals surface area contributed by atoms with Crippen molar-refractivity contribution in [1.29, 1.82) is 0 Å². The van der Waals surface area contributed by atoms with Crippen molar-refractivity contribution < 1.29 is 5.11 Å². The van der Waals surface area contributed by atoms with Crippen molar-refractivity contribution in [3.8, 4) is 0 Å². The number of aromatic nitrogens is 4. The number of likely N-dealkylation sites (tertiary alicyclic amines) is 1. The molecule has 1 saturated heterocycles. The van der Waals surface area contributed by atoms with Gasteiger partial charge in [-0.2, -0.15) is 5.21 Å². The monoisotopic (exact) mass is 169 g/mol. The predicted octanol–water partition coefficient (Wildman–Crippen LogP) is -1.23. The van der Waals surface area contributed by atoms with Gasteiger partial charge in [0.05, 0.1) is 12.1 Å². The Balaban J connectivity index is 1.84. The van der Waals surface area contributed by atoms with Crippen molar-refractivity contribution in [2.45, 2.75) is 19.1 Å². The molecule has 6 heteroatoms. The van der Waals surface area contributed by atoms with Crippen molar-refractivity contribution in [2.24, 2.45) is 0 Å². The van der Waals surface area contributed by atoms with E-state index in [2.05, 4.69) is 25.5 Å².